The lowest BCUT2D eigenvalue weighted by atomic mass is 10.5. The molecule has 1 aromatic heterocycles. The van der Waals surface area contributed by atoms with Crippen molar-refractivity contribution in [2.45, 2.75) is 25.6 Å². The van der Waals surface area contributed by atoms with Gasteiger partial charge in [-0.1, -0.05) is 6.92 Å². The molecule has 3 nitrogen and oxygen atoms in total. The smallest absolute Gasteiger partial charge is 0.195 e. The Bertz CT molecular complexity index is 289. The van der Waals surface area contributed by atoms with Gasteiger partial charge >= 0.3 is 0 Å². The molecule has 0 saturated carbocycles. The lowest BCUT2D eigenvalue weighted by molar-refractivity contribution is 0.647. The van der Waals surface area contributed by atoms with Gasteiger partial charge in [0, 0.05) is 6.54 Å². The van der Waals surface area contributed by atoms with Crippen LogP contribution in [0.2, 0.25) is 0 Å². The van der Waals surface area contributed by atoms with Crippen LogP contribution < -0.4 is 0 Å². The van der Waals surface area contributed by atoms with E-state index in [4.69, 9.17) is 12.2 Å². The number of hydrogen-bond acceptors (Lipinski definition) is 3. The molecule has 1 aromatic rings. The lowest BCUT2D eigenvalue weighted by Gasteiger charge is -2.02. The van der Waals surface area contributed by atoms with Gasteiger partial charge in [0.25, 0.3) is 0 Å². The van der Waals surface area contributed by atoms with Crippen LogP contribution in [0.1, 0.15) is 19.2 Å². The van der Waals surface area contributed by atoms with E-state index in [0.29, 0.717) is 0 Å². The molecule has 68 valence electrons. The first-order chi connectivity index (χ1) is 5.79. The number of H-pyrrole nitrogens is 1. The summed E-state index contributed by atoms with van der Waals surface area (Å²) in [6.07, 6.45) is 3.16. The SMILES string of the molecule is CCCn1c(CSC)n[nH]c1=S. The molecule has 5 heteroatoms. The Morgan fingerprint density at radius 1 is 1.67 bits per heavy atom. The standard InChI is InChI=1S/C7H13N3S2/c1-3-4-10-6(5-12-2)8-9-7(10)11/h3-5H2,1-2H3,(H,9,11). The number of nitrogens with one attached hydrogen (secondary N) is 1. The molecular formula is C7H13N3S2. The molecule has 12 heavy (non-hydrogen) atoms. The first kappa shape index (κ1) is 9.80. The van der Waals surface area contributed by atoms with Crippen molar-refractivity contribution in [2.24, 2.45) is 0 Å². The normalized spacial score (nSPS) is 10.5. The fourth-order valence-corrected chi connectivity index (χ4v) is 1.76. The molecule has 0 atom stereocenters. The van der Waals surface area contributed by atoms with Crippen molar-refractivity contribution in [1.29, 1.82) is 0 Å². The van der Waals surface area contributed by atoms with Gasteiger partial charge in [-0.05, 0) is 24.9 Å². The molecule has 0 unspecified atom stereocenters. The highest BCUT2D eigenvalue weighted by Crippen LogP contribution is 2.07. The molecule has 0 aliphatic rings. The third-order valence-electron chi connectivity index (χ3n) is 1.56. The van der Waals surface area contributed by atoms with Crippen LogP contribution in [-0.4, -0.2) is 21.0 Å². The van der Waals surface area contributed by atoms with Gasteiger partial charge in [-0.3, -0.25) is 5.10 Å². The van der Waals surface area contributed by atoms with E-state index >= 15 is 0 Å². The van der Waals surface area contributed by atoms with Gasteiger partial charge < -0.3 is 4.57 Å². The van der Waals surface area contributed by atoms with Gasteiger partial charge in [0.1, 0.15) is 5.82 Å². The maximum Gasteiger partial charge on any atom is 0.195 e. The second-order valence-electron chi connectivity index (χ2n) is 2.53. The fourth-order valence-electron chi connectivity index (χ4n) is 1.04. The molecule has 1 N–H and O–H groups in total. The Morgan fingerprint density at radius 2 is 2.42 bits per heavy atom. The average molecular weight is 203 g/mol. The monoisotopic (exact) mass is 203 g/mol. The molecule has 0 fully saturated rings. The van der Waals surface area contributed by atoms with Crippen LogP contribution in [0.25, 0.3) is 0 Å². The summed E-state index contributed by atoms with van der Waals surface area (Å²) in [5, 5.41) is 6.96. The molecule has 0 radical (unpaired) electrons. The maximum absolute atomic E-state index is 5.09. The predicted octanol–water partition coefficient (Wildman–Crippen LogP) is 2.21. The van der Waals surface area contributed by atoms with Gasteiger partial charge in [-0.2, -0.15) is 16.9 Å². The van der Waals surface area contributed by atoms with Crippen LogP contribution in [0.5, 0.6) is 0 Å². The first-order valence-corrected chi connectivity index (χ1v) is 5.72. The zero-order valence-corrected chi connectivity index (χ0v) is 8.97. The molecule has 0 spiro atoms. The Labute approximate surface area is 81.6 Å². The minimum atomic E-state index is 0.737. The van der Waals surface area contributed by atoms with E-state index in [1.165, 1.54) is 0 Å². The highest BCUT2D eigenvalue weighted by Gasteiger charge is 2.02. The van der Waals surface area contributed by atoms with Crippen LogP contribution >= 0.6 is 24.0 Å². The molecule has 0 aliphatic carbocycles. The summed E-state index contributed by atoms with van der Waals surface area (Å²) in [6.45, 7) is 3.10. The van der Waals surface area contributed by atoms with Gasteiger partial charge in [0.2, 0.25) is 0 Å². The number of aromatic amines is 1. The summed E-state index contributed by atoms with van der Waals surface area (Å²) in [6, 6.07) is 0. The van der Waals surface area contributed by atoms with Crippen molar-refractivity contribution < 1.29 is 0 Å². The maximum atomic E-state index is 5.09. The van der Waals surface area contributed by atoms with E-state index in [9.17, 15) is 0 Å². The molecule has 0 saturated heterocycles. The van der Waals surface area contributed by atoms with E-state index in [-0.39, 0.29) is 0 Å². The predicted molar refractivity (Wildman–Crippen MR) is 54.9 cm³/mol. The summed E-state index contributed by atoms with van der Waals surface area (Å²) in [7, 11) is 0. The third kappa shape index (κ3) is 2.10. The average Bonchev–Trinajstić information content (AvgIpc) is 2.37. The number of nitrogens with zero attached hydrogens (tertiary/aromatic N) is 2. The largest absolute Gasteiger partial charge is 0.303 e. The zero-order valence-electron chi connectivity index (χ0n) is 7.33. The van der Waals surface area contributed by atoms with E-state index in [1.54, 1.807) is 11.8 Å². The van der Waals surface area contributed by atoms with Crippen LogP contribution in [0.15, 0.2) is 0 Å². The second-order valence-corrected chi connectivity index (χ2v) is 3.78. The zero-order chi connectivity index (χ0) is 8.97. The van der Waals surface area contributed by atoms with Gasteiger partial charge in [0.15, 0.2) is 4.77 Å². The summed E-state index contributed by atoms with van der Waals surface area (Å²) in [5.74, 6) is 1.97. The Morgan fingerprint density at radius 3 is 3.00 bits per heavy atom. The topological polar surface area (TPSA) is 33.6 Å². The van der Waals surface area contributed by atoms with E-state index in [1.807, 2.05) is 0 Å². The van der Waals surface area contributed by atoms with Crippen molar-refractivity contribution >= 4 is 24.0 Å². The molecule has 0 bridgehead atoms. The van der Waals surface area contributed by atoms with Gasteiger partial charge in [-0.15, -0.1) is 0 Å². The minimum Gasteiger partial charge on any atom is -0.303 e. The first-order valence-electron chi connectivity index (χ1n) is 3.92. The molecule has 0 aromatic carbocycles. The summed E-state index contributed by atoms with van der Waals surface area (Å²) in [5.41, 5.74) is 0. The van der Waals surface area contributed by atoms with Crippen molar-refractivity contribution in [1.82, 2.24) is 14.8 Å². The molecule has 0 aliphatic heterocycles. The number of aromatic nitrogens is 3. The Balaban J connectivity index is 2.87. The third-order valence-corrected chi connectivity index (χ3v) is 2.42. The molecule has 1 rings (SSSR count). The molecule has 0 amide bonds. The fraction of sp³-hybridized carbons (Fsp3) is 0.714. The van der Waals surface area contributed by atoms with Crippen molar-refractivity contribution in [2.75, 3.05) is 6.26 Å². The molecule has 1 heterocycles. The lowest BCUT2D eigenvalue weighted by Crippen LogP contribution is -2.02. The van der Waals surface area contributed by atoms with Gasteiger partial charge in [0.05, 0.1) is 5.75 Å². The van der Waals surface area contributed by atoms with Crippen LogP contribution in [0, 0.1) is 4.77 Å². The molecular weight excluding hydrogens is 190 g/mol. The van der Waals surface area contributed by atoms with Crippen LogP contribution in [0.3, 0.4) is 0 Å². The summed E-state index contributed by atoms with van der Waals surface area (Å²) in [4.78, 5) is 0. The minimum absolute atomic E-state index is 0.737. The van der Waals surface area contributed by atoms with Crippen LogP contribution in [-0.2, 0) is 12.3 Å². The number of hydrogen-bond donors (Lipinski definition) is 1. The highest BCUT2D eigenvalue weighted by molar-refractivity contribution is 7.97. The second kappa shape index (κ2) is 4.67. The summed E-state index contributed by atoms with van der Waals surface area (Å²) < 4.78 is 2.80. The van der Waals surface area contributed by atoms with E-state index in [0.717, 1.165) is 29.3 Å². The highest BCUT2D eigenvalue weighted by atomic mass is 32.2. The van der Waals surface area contributed by atoms with Crippen molar-refractivity contribution in [3.05, 3.63) is 10.6 Å². The quantitative estimate of drug-likeness (QED) is 0.762. The van der Waals surface area contributed by atoms with E-state index < -0.39 is 0 Å². The van der Waals surface area contributed by atoms with Crippen molar-refractivity contribution in [3.8, 4) is 0 Å². The summed E-state index contributed by atoms with van der Waals surface area (Å²) >= 11 is 6.85. The number of rotatable bonds is 4. The van der Waals surface area contributed by atoms with Crippen molar-refractivity contribution in [3.63, 3.8) is 0 Å². The Hall–Kier alpha value is -0.290. The van der Waals surface area contributed by atoms with Gasteiger partial charge in [-0.25, -0.2) is 0 Å². The number of thioether (sulfide) groups is 1. The Kier molecular flexibility index (Phi) is 3.81. The van der Waals surface area contributed by atoms with E-state index in [2.05, 4.69) is 27.9 Å². The van der Waals surface area contributed by atoms with Crippen LogP contribution in [0.4, 0.5) is 0 Å².